The first kappa shape index (κ1) is 22.5. The van der Waals surface area contributed by atoms with Gasteiger partial charge in [-0.3, -0.25) is 9.59 Å². The third kappa shape index (κ3) is 3.77. The van der Waals surface area contributed by atoms with Crippen LogP contribution >= 0.6 is 0 Å². The van der Waals surface area contributed by atoms with Crippen LogP contribution < -0.4 is 26.0 Å². The lowest BCUT2D eigenvalue weighted by molar-refractivity contribution is -0.161. The Labute approximate surface area is 177 Å². The molecule has 0 spiro atoms. The second-order valence-corrected chi connectivity index (χ2v) is 6.02. The molecule has 0 aliphatic carbocycles. The molecule has 0 saturated carbocycles. The van der Waals surface area contributed by atoms with E-state index in [4.69, 9.17) is 23.0 Å². The molecule has 0 radical (unpaired) electrons. The first-order valence-corrected chi connectivity index (χ1v) is 9.38. The summed E-state index contributed by atoms with van der Waals surface area (Å²) in [5.41, 5.74) is -5.36. The number of rotatable bonds is 6. The fourth-order valence-electron chi connectivity index (χ4n) is 2.86. The summed E-state index contributed by atoms with van der Waals surface area (Å²) in [5.74, 6) is -5.99. The zero-order valence-electron chi connectivity index (χ0n) is 17.1. The SMILES string of the molecule is CCOC(=O)C(=O)Oc1c2c(OCC)cc3oc(C(=O)OCC)c(oc(=O)c2=O)c(=O)c13. The molecule has 168 valence electrons. The topological polar surface area (TPSA) is 166 Å². The maximum absolute atomic E-state index is 13.1. The molecule has 3 aromatic rings. The van der Waals surface area contributed by atoms with E-state index < -0.39 is 62.3 Å². The monoisotopic (exact) mass is 448 g/mol. The van der Waals surface area contributed by atoms with Crippen molar-refractivity contribution in [2.75, 3.05) is 19.8 Å². The average Bonchev–Trinajstić information content (AvgIpc) is 2.74. The van der Waals surface area contributed by atoms with Gasteiger partial charge in [0.2, 0.25) is 11.0 Å². The number of fused-ring (bicyclic) bond motifs is 2. The Hall–Kier alpha value is -4.22. The second-order valence-electron chi connectivity index (χ2n) is 6.02. The number of hydrogen-bond acceptors (Lipinski definition) is 12. The number of esters is 3. The molecular weight excluding hydrogens is 432 g/mol. The van der Waals surface area contributed by atoms with Gasteiger partial charge in [0, 0.05) is 6.07 Å². The molecule has 0 aliphatic rings. The highest BCUT2D eigenvalue weighted by Gasteiger charge is 2.30. The molecule has 3 rings (SSSR count). The Balaban J connectivity index is 2.51. The Morgan fingerprint density at radius 2 is 1.53 bits per heavy atom. The van der Waals surface area contributed by atoms with Gasteiger partial charge in [0.1, 0.15) is 22.1 Å². The maximum atomic E-state index is 13.1. The minimum Gasteiger partial charge on any atom is -0.493 e. The van der Waals surface area contributed by atoms with Gasteiger partial charge >= 0.3 is 23.5 Å². The lowest BCUT2D eigenvalue weighted by atomic mass is 10.1. The van der Waals surface area contributed by atoms with E-state index in [0.717, 1.165) is 6.07 Å². The summed E-state index contributed by atoms with van der Waals surface area (Å²) < 4.78 is 29.9. The number of carbonyl (C=O) groups excluding carboxylic acids is 3. The molecule has 0 fully saturated rings. The van der Waals surface area contributed by atoms with Crippen LogP contribution in [0, 0.1) is 0 Å². The van der Waals surface area contributed by atoms with E-state index in [-0.39, 0.29) is 31.2 Å². The van der Waals surface area contributed by atoms with Crippen molar-refractivity contribution in [3.8, 4) is 11.5 Å². The number of carbonyl (C=O) groups is 3. The van der Waals surface area contributed by atoms with Crippen LogP contribution in [0.15, 0.2) is 29.3 Å². The predicted molar refractivity (Wildman–Crippen MR) is 105 cm³/mol. The van der Waals surface area contributed by atoms with Gasteiger partial charge in [-0.1, -0.05) is 0 Å². The van der Waals surface area contributed by atoms with E-state index in [9.17, 15) is 28.8 Å². The zero-order valence-corrected chi connectivity index (χ0v) is 17.1. The summed E-state index contributed by atoms with van der Waals surface area (Å²) >= 11 is 0. The summed E-state index contributed by atoms with van der Waals surface area (Å²) in [5, 5.41) is -1.17. The van der Waals surface area contributed by atoms with Crippen LogP contribution in [0.3, 0.4) is 0 Å². The molecule has 12 nitrogen and oxygen atoms in total. The molecule has 3 bridgehead atoms. The number of hydrogen-bond donors (Lipinski definition) is 0. The van der Waals surface area contributed by atoms with E-state index in [1.165, 1.54) is 13.8 Å². The van der Waals surface area contributed by atoms with Crippen LogP contribution in [0.2, 0.25) is 0 Å². The normalized spacial score (nSPS) is 10.8. The van der Waals surface area contributed by atoms with Gasteiger partial charge in [-0.15, -0.1) is 0 Å². The molecule has 12 heteroatoms. The third-order valence-corrected chi connectivity index (χ3v) is 4.07. The quantitative estimate of drug-likeness (QED) is 0.295. The first-order valence-electron chi connectivity index (χ1n) is 9.38. The minimum atomic E-state index is -1.59. The van der Waals surface area contributed by atoms with E-state index in [2.05, 4.69) is 4.74 Å². The standard InChI is InChI=1S/C20H16O12/c1-4-27-8-7-9-11-12(21)15(16(30-9)18(24)28-5-2)32-17(23)13(22)10(8)14(11)31-20(26)19(25)29-6-3/h7H,4-6H2,1-3H3. The third-order valence-electron chi connectivity index (χ3n) is 4.07. The summed E-state index contributed by atoms with van der Waals surface area (Å²) in [4.78, 5) is 74.5. The van der Waals surface area contributed by atoms with Crippen LogP contribution in [-0.2, 0) is 19.1 Å². The van der Waals surface area contributed by atoms with Gasteiger partial charge in [-0.25, -0.2) is 19.2 Å². The Bertz CT molecular complexity index is 1390. The van der Waals surface area contributed by atoms with Gasteiger partial charge in [0.15, 0.2) is 5.75 Å². The van der Waals surface area contributed by atoms with E-state index >= 15 is 0 Å². The molecule has 0 amide bonds. The molecular formula is C20H16O12. The smallest absolute Gasteiger partial charge is 0.422 e. The van der Waals surface area contributed by atoms with Crippen LogP contribution in [0.4, 0.5) is 0 Å². The van der Waals surface area contributed by atoms with Crippen molar-refractivity contribution in [2.24, 2.45) is 0 Å². The molecule has 1 aromatic carbocycles. The van der Waals surface area contributed by atoms with Crippen molar-refractivity contribution < 1.29 is 42.2 Å². The molecule has 0 aliphatic heterocycles. The van der Waals surface area contributed by atoms with Gasteiger partial charge in [-0.05, 0) is 20.8 Å². The highest BCUT2D eigenvalue weighted by molar-refractivity contribution is 6.30. The van der Waals surface area contributed by atoms with Crippen molar-refractivity contribution in [1.82, 2.24) is 0 Å². The average molecular weight is 448 g/mol. The van der Waals surface area contributed by atoms with Crippen LogP contribution in [0.1, 0.15) is 31.3 Å². The number of benzene rings is 1. The first-order chi connectivity index (χ1) is 15.2. The summed E-state index contributed by atoms with van der Waals surface area (Å²) in [7, 11) is 0. The molecule has 0 atom stereocenters. The van der Waals surface area contributed by atoms with Crippen molar-refractivity contribution in [3.05, 3.63) is 42.7 Å². The molecule has 0 saturated heterocycles. The largest absolute Gasteiger partial charge is 0.493 e. The van der Waals surface area contributed by atoms with Crippen LogP contribution in [-0.4, -0.2) is 37.7 Å². The van der Waals surface area contributed by atoms with Crippen LogP contribution in [0.25, 0.3) is 21.9 Å². The van der Waals surface area contributed by atoms with E-state index in [1.54, 1.807) is 6.92 Å². The highest BCUT2D eigenvalue weighted by Crippen LogP contribution is 2.36. The van der Waals surface area contributed by atoms with E-state index in [0.29, 0.717) is 0 Å². The zero-order chi connectivity index (χ0) is 23.6. The summed E-state index contributed by atoms with van der Waals surface area (Å²) in [6, 6.07) is 1.07. The van der Waals surface area contributed by atoms with Gasteiger partial charge in [-0.2, -0.15) is 0 Å². The van der Waals surface area contributed by atoms with Gasteiger partial charge in [0.25, 0.3) is 11.2 Å². The molecule has 32 heavy (non-hydrogen) atoms. The predicted octanol–water partition coefficient (Wildman–Crippen LogP) is 0.741. The lowest BCUT2D eigenvalue weighted by Gasteiger charge is -2.13. The number of ether oxygens (including phenoxy) is 4. The molecule has 2 aromatic heterocycles. The molecule has 0 N–H and O–H groups in total. The van der Waals surface area contributed by atoms with Crippen molar-refractivity contribution >= 4 is 39.8 Å². The Kier molecular flexibility index (Phi) is 6.23. The summed E-state index contributed by atoms with van der Waals surface area (Å²) in [6.45, 7) is 4.22. The van der Waals surface area contributed by atoms with Crippen molar-refractivity contribution in [1.29, 1.82) is 0 Å². The highest BCUT2D eigenvalue weighted by atomic mass is 16.6. The molecule has 0 unspecified atom stereocenters. The van der Waals surface area contributed by atoms with Crippen molar-refractivity contribution in [3.63, 3.8) is 0 Å². The fraction of sp³-hybridized carbons (Fsp3) is 0.300. The second kappa shape index (κ2) is 8.88. The fourth-order valence-corrected chi connectivity index (χ4v) is 2.86. The Morgan fingerprint density at radius 1 is 0.844 bits per heavy atom. The van der Waals surface area contributed by atoms with E-state index in [1.807, 2.05) is 0 Å². The lowest BCUT2D eigenvalue weighted by Crippen LogP contribution is -2.28. The van der Waals surface area contributed by atoms with Gasteiger partial charge < -0.3 is 27.8 Å². The van der Waals surface area contributed by atoms with Gasteiger partial charge in [0.05, 0.1) is 19.8 Å². The Morgan fingerprint density at radius 3 is 2.16 bits per heavy atom. The molecule has 2 heterocycles. The van der Waals surface area contributed by atoms with Crippen LogP contribution in [0.5, 0.6) is 11.5 Å². The minimum absolute atomic E-state index is 0.0147. The maximum Gasteiger partial charge on any atom is 0.422 e. The van der Waals surface area contributed by atoms with Crippen molar-refractivity contribution in [2.45, 2.75) is 20.8 Å². The summed E-state index contributed by atoms with van der Waals surface area (Å²) in [6.07, 6.45) is 0.